The average molecular weight is 241 g/mol. The highest BCUT2D eigenvalue weighted by Crippen LogP contribution is 2.21. The first-order valence-corrected chi connectivity index (χ1v) is 5.88. The number of nitrogens with one attached hydrogen (secondary N) is 1. The summed E-state index contributed by atoms with van der Waals surface area (Å²) in [5, 5.41) is 2.35. The molecule has 0 atom stereocenters. The highest BCUT2D eigenvalue weighted by Gasteiger charge is 2.09. The molecule has 86 valence electrons. The molecular weight excluding hydrogens is 229 g/mol. The second-order valence-corrected chi connectivity index (χ2v) is 4.15. The van der Waals surface area contributed by atoms with Crippen molar-refractivity contribution >= 4 is 29.1 Å². The standard InChI is InChI=1S/C11H12FNO2S/c1-7(14)5-11(15)13-10-4-3-8(16-2)6-9(10)12/h3-4,6H,5H2,1-2H3,(H,13,15). The number of benzene rings is 1. The number of anilines is 1. The Morgan fingerprint density at radius 1 is 1.44 bits per heavy atom. The average Bonchev–Trinajstić information content (AvgIpc) is 2.19. The molecule has 0 saturated carbocycles. The molecule has 3 nitrogen and oxygen atoms in total. The third-order valence-electron chi connectivity index (χ3n) is 1.86. The van der Waals surface area contributed by atoms with Gasteiger partial charge in [-0.25, -0.2) is 4.39 Å². The number of carbonyl (C=O) groups is 2. The molecule has 0 fully saturated rings. The third kappa shape index (κ3) is 3.66. The van der Waals surface area contributed by atoms with Crippen molar-refractivity contribution in [2.75, 3.05) is 11.6 Å². The van der Waals surface area contributed by atoms with Gasteiger partial charge in [-0.3, -0.25) is 9.59 Å². The lowest BCUT2D eigenvalue weighted by molar-refractivity contribution is -0.124. The van der Waals surface area contributed by atoms with Gasteiger partial charge in [0.15, 0.2) is 0 Å². The quantitative estimate of drug-likeness (QED) is 0.650. The summed E-state index contributed by atoms with van der Waals surface area (Å²) in [6, 6.07) is 4.53. The van der Waals surface area contributed by atoms with Crippen LogP contribution >= 0.6 is 11.8 Å². The lowest BCUT2D eigenvalue weighted by atomic mass is 10.2. The maximum atomic E-state index is 13.4. The van der Waals surface area contributed by atoms with Crippen molar-refractivity contribution in [2.45, 2.75) is 18.2 Å². The monoisotopic (exact) mass is 241 g/mol. The molecule has 16 heavy (non-hydrogen) atoms. The van der Waals surface area contributed by atoms with E-state index >= 15 is 0 Å². The van der Waals surface area contributed by atoms with Gasteiger partial charge >= 0.3 is 0 Å². The third-order valence-corrected chi connectivity index (χ3v) is 2.59. The maximum Gasteiger partial charge on any atom is 0.231 e. The molecule has 0 aromatic heterocycles. The van der Waals surface area contributed by atoms with Gasteiger partial charge in [0.2, 0.25) is 5.91 Å². The maximum absolute atomic E-state index is 13.4. The van der Waals surface area contributed by atoms with Crippen molar-refractivity contribution in [2.24, 2.45) is 0 Å². The molecule has 0 saturated heterocycles. The van der Waals surface area contributed by atoms with Gasteiger partial charge in [0, 0.05) is 4.90 Å². The largest absolute Gasteiger partial charge is 0.323 e. The molecule has 0 aliphatic rings. The van der Waals surface area contributed by atoms with E-state index in [0.29, 0.717) is 0 Å². The van der Waals surface area contributed by atoms with E-state index in [1.54, 1.807) is 6.07 Å². The van der Waals surface area contributed by atoms with Crippen LogP contribution in [0.2, 0.25) is 0 Å². The van der Waals surface area contributed by atoms with Crippen LogP contribution < -0.4 is 5.32 Å². The summed E-state index contributed by atoms with van der Waals surface area (Å²) < 4.78 is 13.4. The van der Waals surface area contributed by atoms with Crippen LogP contribution in [-0.4, -0.2) is 17.9 Å². The first-order chi connectivity index (χ1) is 7.52. The van der Waals surface area contributed by atoms with E-state index in [0.717, 1.165) is 4.90 Å². The molecule has 0 unspecified atom stereocenters. The minimum Gasteiger partial charge on any atom is -0.323 e. The summed E-state index contributed by atoms with van der Waals surface area (Å²) in [7, 11) is 0. The molecule has 1 rings (SSSR count). The molecule has 5 heteroatoms. The molecule has 0 spiro atoms. The fourth-order valence-electron chi connectivity index (χ4n) is 1.14. The van der Waals surface area contributed by atoms with Crippen LogP contribution in [0.25, 0.3) is 0 Å². The van der Waals surface area contributed by atoms with Crippen LogP contribution in [-0.2, 0) is 9.59 Å². The SMILES string of the molecule is CSc1ccc(NC(=O)CC(C)=O)c(F)c1. The van der Waals surface area contributed by atoms with E-state index < -0.39 is 11.7 Å². The Balaban J connectivity index is 2.74. The number of rotatable bonds is 4. The predicted octanol–water partition coefficient (Wildman–Crippen LogP) is 2.47. The number of amides is 1. The van der Waals surface area contributed by atoms with Crippen LogP contribution in [0.5, 0.6) is 0 Å². The van der Waals surface area contributed by atoms with Crippen LogP contribution in [0.4, 0.5) is 10.1 Å². The Kier molecular flexibility index (Phi) is 4.49. The normalized spacial score (nSPS) is 9.94. The highest BCUT2D eigenvalue weighted by atomic mass is 32.2. The molecule has 1 aromatic carbocycles. The Morgan fingerprint density at radius 3 is 2.62 bits per heavy atom. The fraction of sp³-hybridized carbons (Fsp3) is 0.273. The van der Waals surface area contributed by atoms with E-state index in [-0.39, 0.29) is 17.9 Å². The fourth-order valence-corrected chi connectivity index (χ4v) is 1.57. The summed E-state index contributed by atoms with van der Waals surface area (Å²) in [4.78, 5) is 22.7. The molecule has 0 radical (unpaired) electrons. The molecule has 0 aliphatic heterocycles. The van der Waals surface area contributed by atoms with Crippen molar-refractivity contribution in [3.05, 3.63) is 24.0 Å². The number of hydrogen-bond donors (Lipinski definition) is 1. The molecule has 1 amide bonds. The van der Waals surface area contributed by atoms with E-state index in [1.807, 2.05) is 6.26 Å². The van der Waals surface area contributed by atoms with Gasteiger partial charge in [0.05, 0.1) is 12.1 Å². The van der Waals surface area contributed by atoms with E-state index in [4.69, 9.17) is 0 Å². The predicted molar refractivity (Wildman–Crippen MR) is 62.1 cm³/mol. The van der Waals surface area contributed by atoms with Gasteiger partial charge in [0.1, 0.15) is 11.6 Å². The molecule has 0 aliphatic carbocycles. The number of ketones is 1. The van der Waals surface area contributed by atoms with Crippen LogP contribution in [0, 0.1) is 5.82 Å². The lowest BCUT2D eigenvalue weighted by Crippen LogP contribution is -2.15. The second kappa shape index (κ2) is 5.65. The summed E-state index contributed by atoms with van der Waals surface area (Å²) in [5.41, 5.74) is 0.101. The minimum absolute atomic E-state index is 0.101. The van der Waals surface area contributed by atoms with Gasteiger partial charge in [-0.15, -0.1) is 11.8 Å². The topological polar surface area (TPSA) is 46.2 Å². The molecule has 1 N–H and O–H groups in total. The summed E-state index contributed by atoms with van der Waals surface area (Å²) >= 11 is 1.41. The summed E-state index contributed by atoms with van der Waals surface area (Å²) in [6.07, 6.45) is 1.60. The Labute approximate surface area is 97.4 Å². The second-order valence-electron chi connectivity index (χ2n) is 3.27. The molecule has 0 bridgehead atoms. The van der Waals surface area contributed by atoms with E-state index in [1.165, 1.54) is 30.8 Å². The number of thioether (sulfide) groups is 1. The van der Waals surface area contributed by atoms with Crippen molar-refractivity contribution in [1.29, 1.82) is 0 Å². The Bertz CT molecular complexity index is 420. The number of Topliss-reactive ketones (excluding diaryl/α,β-unsaturated/α-hetero) is 1. The van der Waals surface area contributed by atoms with Crippen molar-refractivity contribution in [3.8, 4) is 0 Å². The summed E-state index contributed by atoms with van der Waals surface area (Å²) in [5.74, 6) is -1.24. The number of halogens is 1. The Morgan fingerprint density at radius 2 is 2.12 bits per heavy atom. The van der Waals surface area contributed by atoms with Crippen molar-refractivity contribution in [1.82, 2.24) is 0 Å². The Hall–Kier alpha value is -1.36. The molecule has 1 aromatic rings. The highest BCUT2D eigenvalue weighted by molar-refractivity contribution is 7.98. The van der Waals surface area contributed by atoms with E-state index in [2.05, 4.69) is 5.32 Å². The van der Waals surface area contributed by atoms with Gasteiger partial charge in [-0.05, 0) is 31.4 Å². The van der Waals surface area contributed by atoms with E-state index in [9.17, 15) is 14.0 Å². The smallest absolute Gasteiger partial charge is 0.231 e. The van der Waals surface area contributed by atoms with Gasteiger partial charge in [-0.1, -0.05) is 0 Å². The van der Waals surface area contributed by atoms with Crippen molar-refractivity contribution < 1.29 is 14.0 Å². The van der Waals surface area contributed by atoms with Crippen LogP contribution in [0.3, 0.4) is 0 Å². The van der Waals surface area contributed by atoms with Gasteiger partial charge in [-0.2, -0.15) is 0 Å². The summed E-state index contributed by atoms with van der Waals surface area (Å²) in [6.45, 7) is 1.31. The number of carbonyl (C=O) groups excluding carboxylic acids is 2. The molecular formula is C11H12FNO2S. The zero-order chi connectivity index (χ0) is 12.1. The zero-order valence-electron chi connectivity index (χ0n) is 9.04. The number of hydrogen-bond acceptors (Lipinski definition) is 3. The van der Waals surface area contributed by atoms with Gasteiger partial charge in [0.25, 0.3) is 0 Å². The van der Waals surface area contributed by atoms with Crippen molar-refractivity contribution in [3.63, 3.8) is 0 Å². The zero-order valence-corrected chi connectivity index (χ0v) is 9.86. The minimum atomic E-state index is -0.497. The molecule has 0 heterocycles. The van der Waals surface area contributed by atoms with Gasteiger partial charge < -0.3 is 5.32 Å². The van der Waals surface area contributed by atoms with Crippen LogP contribution in [0.15, 0.2) is 23.1 Å². The first kappa shape index (κ1) is 12.7. The lowest BCUT2D eigenvalue weighted by Gasteiger charge is -2.06. The van der Waals surface area contributed by atoms with Crippen LogP contribution in [0.1, 0.15) is 13.3 Å². The first-order valence-electron chi connectivity index (χ1n) is 4.65.